The molecule has 1 unspecified atom stereocenters. The molecule has 30 heavy (non-hydrogen) atoms. The summed E-state index contributed by atoms with van der Waals surface area (Å²) in [5, 5.41) is 4.09. The molecule has 0 radical (unpaired) electrons. The monoisotopic (exact) mass is 406 g/mol. The van der Waals surface area contributed by atoms with Gasteiger partial charge < -0.3 is 14.1 Å². The summed E-state index contributed by atoms with van der Waals surface area (Å²) < 4.78 is 12.9. The van der Waals surface area contributed by atoms with Gasteiger partial charge in [0.05, 0.1) is 12.3 Å². The van der Waals surface area contributed by atoms with Gasteiger partial charge >= 0.3 is 6.03 Å². The van der Waals surface area contributed by atoms with Crippen molar-refractivity contribution in [3.05, 3.63) is 54.7 Å². The molecule has 0 spiro atoms. The third kappa shape index (κ3) is 3.49. The molecule has 2 aromatic heterocycles. The van der Waals surface area contributed by atoms with Crippen LogP contribution in [-0.2, 0) is 0 Å². The van der Waals surface area contributed by atoms with Gasteiger partial charge in [-0.25, -0.2) is 9.78 Å². The zero-order valence-electron chi connectivity index (χ0n) is 16.6. The lowest BCUT2D eigenvalue weighted by atomic mass is 10.0. The topological polar surface area (TPSA) is 90.5 Å². The van der Waals surface area contributed by atoms with Gasteiger partial charge in [-0.05, 0) is 48.9 Å². The van der Waals surface area contributed by atoms with E-state index in [1.54, 1.807) is 24.7 Å². The Morgan fingerprint density at radius 2 is 1.97 bits per heavy atom. The first-order valence-corrected chi connectivity index (χ1v) is 10.1. The van der Waals surface area contributed by atoms with Crippen LogP contribution in [0.25, 0.3) is 11.5 Å². The highest BCUT2D eigenvalue weighted by atomic mass is 16.5. The van der Waals surface area contributed by atoms with Crippen LogP contribution in [-0.4, -0.2) is 50.7 Å². The molecule has 2 fully saturated rings. The zero-order valence-corrected chi connectivity index (χ0v) is 16.6. The number of Topliss-reactive ketones (excluding diaryl/α,β-unsaturated/α-hetero) is 1. The number of nitrogens with zero attached hydrogens (tertiary/aromatic N) is 4. The number of amides is 1. The molecule has 1 saturated heterocycles. The van der Waals surface area contributed by atoms with Crippen molar-refractivity contribution >= 4 is 11.8 Å². The molecule has 3 atom stereocenters. The van der Waals surface area contributed by atoms with Crippen LogP contribution in [0.3, 0.4) is 0 Å². The summed E-state index contributed by atoms with van der Waals surface area (Å²) in [7, 11) is 0. The molecule has 2 aliphatic rings. The SMILES string of the molecule is CC(=O)c1ccn(C(=O)N2C[C@H]3CC(Oc4cccc(-c5ncco5)c4)C[C@H]3C2)n1. The van der Waals surface area contributed by atoms with E-state index in [9.17, 15) is 9.59 Å². The molecule has 1 aromatic carbocycles. The van der Waals surface area contributed by atoms with E-state index in [-0.39, 0.29) is 17.9 Å². The highest BCUT2D eigenvalue weighted by Gasteiger charge is 2.43. The second-order valence-electron chi connectivity index (χ2n) is 7.99. The van der Waals surface area contributed by atoms with Gasteiger partial charge in [0.15, 0.2) is 5.78 Å². The molecule has 5 rings (SSSR count). The number of hydrogen-bond acceptors (Lipinski definition) is 6. The Kier molecular flexibility index (Phi) is 4.61. The molecule has 1 amide bonds. The van der Waals surface area contributed by atoms with E-state index in [1.807, 2.05) is 29.2 Å². The van der Waals surface area contributed by atoms with Crippen molar-refractivity contribution in [2.24, 2.45) is 11.8 Å². The van der Waals surface area contributed by atoms with Crippen molar-refractivity contribution in [3.8, 4) is 17.2 Å². The van der Waals surface area contributed by atoms with E-state index >= 15 is 0 Å². The van der Waals surface area contributed by atoms with Gasteiger partial charge in [0.25, 0.3) is 0 Å². The fourth-order valence-corrected chi connectivity index (χ4v) is 4.52. The van der Waals surface area contributed by atoms with Crippen molar-refractivity contribution in [1.29, 1.82) is 0 Å². The summed E-state index contributed by atoms with van der Waals surface area (Å²) in [5.74, 6) is 2.06. The minimum atomic E-state index is -0.173. The number of fused-ring (bicyclic) bond motifs is 1. The lowest BCUT2D eigenvalue weighted by molar-refractivity contribution is 0.101. The number of ketones is 1. The van der Waals surface area contributed by atoms with Crippen LogP contribution in [0.15, 0.2) is 53.4 Å². The third-order valence-electron chi connectivity index (χ3n) is 5.94. The number of benzene rings is 1. The summed E-state index contributed by atoms with van der Waals surface area (Å²) in [6, 6.07) is 9.17. The van der Waals surface area contributed by atoms with Gasteiger partial charge in [-0.2, -0.15) is 9.78 Å². The van der Waals surface area contributed by atoms with E-state index in [2.05, 4.69) is 10.1 Å². The van der Waals surface area contributed by atoms with Crippen molar-refractivity contribution in [2.45, 2.75) is 25.9 Å². The standard InChI is InChI=1S/C22H22N4O4/c1-14(27)20-5-7-26(24-20)22(28)25-12-16-10-19(11-17(16)13-25)30-18-4-2-3-15(9-18)21-23-6-8-29-21/h2-9,16-17,19H,10-13H2,1H3/t16-,17+,19?. The van der Waals surface area contributed by atoms with E-state index in [1.165, 1.54) is 11.6 Å². The first-order valence-electron chi connectivity index (χ1n) is 10.1. The molecule has 0 bridgehead atoms. The Bertz CT molecular complexity index is 1060. The van der Waals surface area contributed by atoms with Crippen molar-refractivity contribution in [3.63, 3.8) is 0 Å². The van der Waals surface area contributed by atoms with Gasteiger partial charge in [0, 0.05) is 31.8 Å². The number of likely N-dealkylation sites (tertiary alicyclic amines) is 1. The summed E-state index contributed by atoms with van der Waals surface area (Å²) in [4.78, 5) is 30.1. The lowest BCUT2D eigenvalue weighted by Gasteiger charge is -2.20. The molecule has 154 valence electrons. The van der Waals surface area contributed by atoms with Crippen LogP contribution in [0.4, 0.5) is 4.79 Å². The number of carbonyl (C=O) groups excluding carboxylic acids is 2. The van der Waals surface area contributed by atoms with Gasteiger partial charge in [-0.1, -0.05) is 6.07 Å². The highest BCUT2D eigenvalue weighted by Crippen LogP contribution is 2.40. The smallest absolute Gasteiger partial charge is 0.344 e. The maximum Gasteiger partial charge on any atom is 0.344 e. The third-order valence-corrected chi connectivity index (χ3v) is 5.94. The predicted molar refractivity (Wildman–Crippen MR) is 107 cm³/mol. The molecule has 1 aliphatic heterocycles. The first-order chi connectivity index (χ1) is 14.6. The average Bonchev–Trinajstić information content (AvgIpc) is 3.50. The largest absolute Gasteiger partial charge is 0.490 e. The van der Waals surface area contributed by atoms with Gasteiger partial charge in [0.2, 0.25) is 5.89 Å². The Morgan fingerprint density at radius 3 is 2.63 bits per heavy atom. The van der Waals surface area contributed by atoms with Gasteiger partial charge in [-0.3, -0.25) is 4.79 Å². The molecular weight excluding hydrogens is 384 g/mol. The van der Waals surface area contributed by atoms with E-state index in [4.69, 9.17) is 9.15 Å². The van der Waals surface area contributed by atoms with Gasteiger partial charge in [0.1, 0.15) is 17.7 Å². The Labute approximate surface area is 173 Å². The normalized spacial score (nSPS) is 22.8. The summed E-state index contributed by atoms with van der Waals surface area (Å²) in [6.45, 7) is 2.82. The molecule has 1 saturated carbocycles. The number of ether oxygens (including phenoxy) is 1. The lowest BCUT2D eigenvalue weighted by Crippen LogP contribution is -2.34. The minimum Gasteiger partial charge on any atom is -0.490 e. The van der Waals surface area contributed by atoms with Crippen LogP contribution in [0, 0.1) is 11.8 Å². The quantitative estimate of drug-likeness (QED) is 0.616. The second-order valence-corrected chi connectivity index (χ2v) is 7.99. The number of aromatic nitrogens is 3. The maximum absolute atomic E-state index is 12.7. The summed E-state index contributed by atoms with van der Waals surface area (Å²) in [5.41, 5.74) is 1.19. The fraction of sp³-hybridized carbons (Fsp3) is 0.364. The van der Waals surface area contributed by atoms with Crippen molar-refractivity contribution in [2.75, 3.05) is 13.1 Å². The average molecular weight is 406 g/mol. The predicted octanol–water partition coefficient (Wildman–Crippen LogP) is 3.50. The number of carbonyl (C=O) groups is 2. The number of rotatable bonds is 4. The molecule has 3 heterocycles. The van der Waals surface area contributed by atoms with Crippen LogP contribution >= 0.6 is 0 Å². The molecule has 1 aliphatic carbocycles. The van der Waals surface area contributed by atoms with E-state index in [0.717, 1.165) is 24.2 Å². The number of hydrogen-bond donors (Lipinski definition) is 0. The fourth-order valence-electron chi connectivity index (χ4n) is 4.52. The minimum absolute atomic E-state index is 0.131. The zero-order chi connectivity index (χ0) is 20.7. The molecule has 0 N–H and O–H groups in total. The van der Waals surface area contributed by atoms with E-state index in [0.29, 0.717) is 36.5 Å². The Hall–Kier alpha value is -3.42. The van der Waals surface area contributed by atoms with Gasteiger partial charge in [-0.15, -0.1) is 0 Å². The maximum atomic E-state index is 12.7. The van der Waals surface area contributed by atoms with Crippen LogP contribution in [0.2, 0.25) is 0 Å². The molecule has 3 aromatic rings. The van der Waals surface area contributed by atoms with E-state index < -0.39 is 0 Å². The Morgan fingerprint density at radius 1 is 1.17 bits per heavy atom. The molecular formula is C22H22N4O4. The van der Waals surface area contributed by atoms with Crippen molar-refractivity contribution < 1.29 is 18.7 Å². The molecule has 8 heteroatoms. The number of oxazole rings is 1. The van der Waals surface area contributed by atoms with Crippen molar-refractivity contribution in [1.82, 2.24) is 19.7 Å². The summed E-state index contributed by atoms with van der Waals surface area (Å²) in [6.07, 6.45) is 6.69. The van der Waals surface area contributed by atoms with Crippen LogP contribution < -0.4 is 4.74 Å². The second kappa shape index (κ2) is 7.44. The summed E-state index contributed by atoms with van der Waals surface area (Å²) >= 11 is 0. The highest BCUT2D eigenvalue weighted by molar-refractivity contribution is 5.92. The molecule has 8 nitrogen and oxygen atoms in total. The first kappa shape index (κ1) is 18.6. The van der Waals surface area contributed by atoms with Crippen LogP contribution in [0.1, 0.15) is 30.3 Å². The van der Waals surface area contributed by atoms with Crippen LogP contribution in [0.5, 0.6) is 5.75 Å². The Balaban J connectivity index is 1.20.